The number of unbranched alkanes of at least 4 members (excludes halogenated alkanes) is 1. The van der Waals surface area contributed by atoms with E-state index in [0.29, 0.717) is 24.1 Å². The van der Waals surface area contributed by atoms with Crippen molar-refractivity contribution >= 4 is 17.9 Å². The van der Waals surface area contributed by atoms with Gasteiger partial charge in [-0.2, -0.15) is 0 Å². The summed E-state index contributed by atoms with van der Waals surface area (Å²) in [4.78, 5) is 42.9. The van der Waals surface area contributed by atoms with E-state index in [1.165, 1.54) is 4.90 Å². The molecule has 8 nitrogen and oxygen atoms in total. The van der Waals surface area contributed by atoms with Crippen LogP contribution in [0.15, 0.2) is 48.5 Å². The number of aryl methyl sites for hydroxylation is 1. The monoisotopic (exact) mass is 553 g/mol. The van der Waals surface area contributed by atoms with Gasteiger partial charge in [0.2, 0.25) is 11.8 Å². The smallest absolute Gasteiger partial charge is 0.408 e. The van der Waals surface area contributed by atoms with Crippen LogP contribution in [-0.4, -0.2) is 51.6 Å². The minimum Gasteiger partial charge on any atom is -0.507 e. The van der Waals surface area contributed by atoms with Gasteiger partial charge in [0.05, 0.1) is 0 Å². The number of amides is 3. The van der Waals surface area contributed by atoms with E-state index in [9.17, 15) is 19.5 Å². The minimum atomic E-state index is -1.13. The number of phenols is 1. The Kier molecular flexibility index (Phi) is 11.6. The Hall–Kier alpha value is -3.55. The van der Waals surface area contributed by atoms with Crippen LogP contribution < -0.4 is 10.6 Å². The van der Waals surface area contributed by atoms with E-state index in [0.717, 1.165) is 18.4 Å². The Bertz CT molecular complexity index is 1140. The molecule has 0 bridgehead atoms. The number of ether oxygens (including phenoxy) is 1. The van der Waals surface area contributed by atoms with Crippen molar-refractivity contribution < 1.29 is 24.2 Å². The average molecular weight is 554 g/mol. The molecule has 2 unspecified atom stereocenters. The van der Waals surface area contributed by atoms with Gasteiger partial charge in [-0.25, -0.2) is 4.79 Å². The van der Waals surface area contributed by atoms with Crippen molar-refractivity contribution in [1.29, 1.82) is 0 Å². The first-order chi connectivity index (χ1) is 18.7. The van der Waals surface area contributed by atoms with Crippen LogP contribution in [0.25, 0.3) is 0 Å². The fraction of sp³-hybridized carbons (Fsp3) is 0.531. The largest absolute Gasteiger partial charge is 0.507 e. The van der Waals surface area contributed by atoms with Crippen LogP contribution in [0.2, 0.25) is 0 Å². The Morgan fingerprint density at radius 1 is 0.975 bits per heavy atom. The predicted molar refractivity (Wildman–Crippen MR) is 158 cm³/mol. The third-order valence-corrected chi connectivity index (χ3v) is 6.93. The number of hydrogen-bond acceptors (Lipinski definition) is 5. The van der Waals surface area contributed by atoms with Gasteiger partial charge in [0, 0.05) is 24.1 Å². The molecule has 0 radical (unpaired) electrons. The Balaban J connectivity index is 2.67. The topological polar surface area (TPSA) is 108 Å². The summed E-state index contributed by atoms with van der Waals surface area (Å²) in [5.74, 6) is -0.874. The van der Waals surface area contributed by atoms with Gasteiger partial charge in [-0.1, -0.05) is 68.8 Å². The zero-order valence-electron chi connectivity index (χ0n) is 25.3. The molecule has 0 aliphatic rings. The maximum atomic E-state index is 14.6. The number of nitrogens with one attached hydrogen (secondary N) is 2. The Morgan fingerprint density at radius 3 is 2.20 bits per heavy atom. The molecule has 0 spiro atoms. The lowest BCUT2D eigenvalue weighted by Gasteiger charge is -2.44. The number of benzene rings is 2. The normalized spacial score (nSPS) is 13.2. The van der Waals surface area contributed by atoms with Crippen molar-refractivity contribution in [3.8, 4) is 5.75 Å². The van der Waals surface area contributed by atoms with E-state index in [1.807, 2.05) is 58.0 Å². The third kappa shape index (κ3) is 9.00. The molecular weight excluding hydrogens is 506 g/mol. The van der Waals surface area contributed by atoms with Gasteiger partial charge in [0.15, 0.2) is 0 Å². The summed E-state index contributed by atoms with van der Waals surface area (Å²) in [5.41, 5.74) is 0.193. The van der Waals surface area contributed by atoms with Crippen LogP contribution in [-0.2, 0) is 20.7 Å². The average Bonchev–Trinajstić information content (AvgIpc) is 2.88. The lowest BCUT2D eigenvalue weighted by atomic mass is 9.90. The second-order valence-corrected chi connectivity index (χ2v) is 11.8. The van der Waals surface area contributed by atoms with Crippen molar-refractivity contribution in [1.82, 2.24) is 15.5 Å². The summed E-state index contributed by atoms with van der Waals surface area (Å²) in [6.07, 6.45) is 1.66. The van der Waals surface area contributed by atoms with E-state index >= 15 is 0 Å². The fourth-order valence-corrected chi connectivity index (χ4v) is 4.40. The standard InChI is InChI=1S/C32H47N3O5/c1-9-11-20-33-28(37)26(24-19-15-16-22(3)27(24)36)35(32(7,8)10-2)29(38)25(21-23-17-13-12-14-18-23)34-30(39)40-31(4,5)6/h12-19,25-26,36H,9-11,20-21H2,1-8H3,(H,33,37)(H,34,39). The van der Waals surface area contributed by atoms with Gasteiger partial charge < -0.3 is 25.4 Å². The SMILES string of the molecule is CCCCNC(=O)C(c1cccc(C)c1O)N(C(=O)C(Cc1ccccc1)NC(=O)OC(C)(C)C)C(C)(C)CC. The first-order valence-corrected chi connectivity index (χ1v) is 14.1. The van der Waals surface area contributed by atoms with Crippen LogP contribution in [0.1, 0.15) is 90.5 Å². The molecule has 0 saturated carbocycles. The van der Waals surface area contributed by atoms with Gasteiger partial charge in [-0.05, 0) is 65.5 Å². The van der Waals surface area contributed by atoms with Crippen LogP contribution in [0, 0.1) is 6.92 Å². The molecule has 40 heavy (non-hydrogen) atoms. The van der Waals surface area contributed by atoms with E-state index < -0.39 is 35.2 Å². The molecule has 3 amide bonds. The highest BCUT2D eigenvalue weighted by Crippen LogP contribution is 2.37. The lowest BCUT2D eigenvalue weighted by molar-refractivity contribution is -0.149. The molecule has 2 rings (SSSR count). The van der Waals surface area contributed by atoms with Crippen LogP contribution in [0.4, 0.5) is 4.79 Å². The van der Waals surface area contributed by atoms with Crippen molar-refractivity contribution in [2.75, 3.05) is 6.54 Å². The summed E-state index contributed by atoms with van der Waals surface area (Å²) < 4.78 is 5.50. The van der Waals surface area contributed by atoms with E-state index in [2.05, 4.69) is 10.6 Å². The first kappa shape index (κ1) is 32.7. The van der Waals surface area contributed by atoms with Gasteiger partial charge in [-0.15, -0.1) is 0 Å². The molecule has 0 fully saturated rings. The molecular formula is C32H47N3O5. The maximum absolute atomic E-state index is 14.6. The molecule has 8 heteroatoms. The van der Waals surface area contributed by atoms with Gasteiger partial charge in [0.1, 0.15) is 23.4 Å². The summed E-state index contributed by atoms with van der Waals surface area (Å²) in [7, 11) is 0. The molecule has 0 saturated heterocycles. The molecule has 3 N–H and O–H groups in total. The molecule has 0 aromatic heterocycles. The quantitative estimate of drug-likeness (QED) is 0.288. The highest BCUT2D eigenvalue weighted by molar-refractivity contribution is 5.93. The molecule has 0 aliphatic heterocycles. The zero-order valence-corrected chi connectivity index (χ0v) is 25.3. The number of para-hydroxylation sites is 1. The number of phenolic OH excluding ortho intramolecular Hbond substituents is 1. The summed E-state index contributed by atoms with van der Waals surface area (Å²) in [5, 5.41) is 16.8. The summed E-state index contributed by atoms with van der Waals surface area (Å²) in [6.45, 7) is 15.2. The van der Waals surface area contributed by atoms with Gasteiger partial charge in [-0.3, -0.25) is 9.59 Å². The summed E-state index contributed by atoms with van der Waals surface area (Å²) >= 11 is 0. The number of carbonyl (C=O) groups is 3. The Labute approximate surface area is 239 Å². The van der Waals surface area contributed by atoms with Crippen molar-refractivity contribution in [2.24, 2.45) is 0 Å². The molecule has 2 aromatic rings. The van der Waals surface area contributed by atoms with Crippen LogP contribution in [0.3, 0.4) is 0 Å². The maximum Gasteiger partial charge on any atom is 0.408 e. The van der Waals surface area contributed by atoms with Gasteiger partial charge in [0.25, 0.3) is 0 Å². The van der Waals surface area contributed by atoms with Crippen molar-refractivity contribution in [2.45, 2.75) is 104 Å². The minimum absolute atomic E-state index is 0.0393. The Morgan fingerprint density at radius 2 is 1.62 bits per heavy atom. The fourth-order valence-electron chi connectivity index (χ4n) is 4.40. The van der Waals surface area contributed by atoms with Crippen molar-refractivity contribution in [3.63, 3.8) is 0 Å². The number of alkyl carbamates (subject to hydrolysis) is 1. The highest BCUT2D eigenvalue weighted by Gasteiger charge is 2.44. The molecule has 2 atom stereocenters. The first-order valence-electron chi connectivity index (χ1n) is 14.1. The molecule has 0 heterocycles. The predicted octanol–water partition coefficient (Wildman–Crippen LogP) is 5.81. The van der Waals surface area contributed by atoms with Crippen molar-refractivity contribution in [3.05, 3.63) is 65.2 Å². The van der Waals surface area contributed by atoms with E-state index in [-0.39, 0.29) is 18.1 Å². The number of aromatic hydroxyl groups is 1. The number of hydrogen-bond donors (Lipinski definition) is 3. The number of carbonyl (C=O) groups excluding carboxylic acids is 3. The number of rotatable bonds is 12. The molecule has 0 aliphatic carbocycles. The third-order valence-electron chi connectivity index (χ3n) is 6.93. The number of nitrogens with zero attached hydrogens (tertiary/aromatic N) is 1. The van der Waals surface area contributed by atoms with Crippen LogP contribution in [0.5, 0.6) is 5.75 Å². The lowest BCUT2D eigenvalue weighted by Crippen LogP contribution is -2.60. The molecule has 220 valence electrons. The van der Waals surface area contributed by atoms with Crippen LogP contribution >= 0.6 is 0 Å². The highest BCUT2D eigenvalue weighted by atomic mass is 16.6. The second-order valence-electron chi connectivity index (χ2n) is 11.8. The van der Waals surface area contributed by atoms with E-state index in [1.54, 1.807) is 45.9 Å². The summed E-state index contributed by atoms with van der Waals surface area (Å²) in [6, 6.07) is 12.4. The second kappa shape index (κ2) is 14.2. The molecule has 2 aromatic carbocycles. The van der Waals surface area contributed by atoms with Gasteiger partial charge >= 0.3 is 6.09 Å². The zero-order chi connectivity index (χ0) is 30.1. The van der Waals surface area contributed by atoms with E-state index in [4.69, 9.17) is 4.74 Å².